The standard InChI is InChI=1S/C23H28F2N4O/c1-6-17(12-26-11-15(3)4)14-29-21-10-19(13-27-22(21)28-23(29)30)18(7-2)9-20(25)8-16(5)24/h6,8-13,16H,7,14H2,1-5H3,(H,27,28,30)/b17-6+,18-9+,20-8+,26-12-. The number of aromatic amines is 1. The van der Waals surface area contributed by atoms with E-state index >= 15 is 0 Å². The molecule has 1 atom stereocenters. The van der Waals surface area contributed by atoms with Gasteiger partial charge in [-0.05, 0) is 69.0 Å². The molecule has 0 aliphatic carbocycles. The summed E-state index contributed by atoms with van der Waals surface area (Å²) < 4.78 is 28.6. The maximum atomic E-state index is 14.0. The van der Waals surface area contributed by atoms with Crippen molar-refractivity contribution >= 4 is 23.0 Å². The minimum atomic E-state index is -1.37. The first-order valence-electron chi connectivity index (χ1n) is 9.87. The average Bonchev–Trinajstić information content (AvgIpc) is 2.98. The van der Waals surface area contributed by atoms with Crippen molar-refractivity contribution in [1.82, 2.24) is 14.5 Å². The molecule has 0 aromatic carbocycles. The highest BCUT2D eigenvalue weighted by Gasteiger charge is 2.12. The maximum Gasteiger partial charge on any atom is 0.327 e. The smallest absolute Gasteiger partial charge is 0.290 e. The van der Waals surface area contributed by atoms with Gasteiger partial charge in [-0.15, -0.1) is 0 Å². The van der Waals surface area contributed by atoms with Gasteiger partial charge < -0.3 is 0 Å². The van der Waals surface area contributed by atoms with Crippen molar-refractivity contribution in [3.63, 3.8) is 0 Å². The lowest BCUT2D eigenvalue weighted by atomic mass is 10.0. The lowest BCUT2D eigenvalue weighted by Crippen LogP contribution is -2.18. The fourth-order valence-corrected chi connectivity index (χ4v) is 2.86. The fraction of sp³-hybridized carbons (Fsp3) is 0.348. The number of hydrogen-bond donors (Lipinski definition) is 1. The van der Waals surface area contributed by atoms with Crippen molar-refractivity contribution in [3.8, 4) is 0 Å². The van der Waals surface area contributed by atoms with Crippen LogP contribution in [-0.4, -0.2) is 26.9 Å². The average molecular weight is 415 g/mol. The number of aromatic nitrogens is 3. The molecular formula is C23H28F2N4O. The maximum absolute atomic E-state index is 14.0. The molecule has 0 saturated carbocycles. The van der Waals surface area contributed by atoms with Crippen LogP contribution in [0.1, 0.15) is 46.6 Å². The number of allylic oxidation sites excluding steroid dienone is 7. The molecule has 2 heterocycles. The Hall–Kier alpha value is -3.09. The van der Waals surface area contributed by atoms with Gasteiger partial charge in [-0.25, -0.2) is 18.6 Å². The van der Waals surface area contributed by atoms with Crippen molar-refractivity contribution in [2.75, 3.05) is 0 Å². The highest BCUT2D eigenvalue weighted by atomic mass is 19.1. The Labute approximate surface area is 175 Å². The molecule has 30 heavy (non-hydrogen) atoms. The number of nitrogens with zero attached hydrogens (tertiary/aromatic N) is 3. The summed E-state index contributed by atoms with van der Waals surface area (Å²) in [5, 5.41) is 0. The van der Waals surface area contributed by atoms with Crippen LogP contribution in [-0.2, 0) is 6.54 Å². The molecule has 2 aromatic heterocycles. The zero-order valence-electron chi connectivity index (χ0n) is 18.0. The number of aliphatic imine (C=N–C) groups is 1. The van der Waals surface area contributed by atoms with Crippen molar-refractivity contribution < 1.29 is 8.78 Å². The summed E-state index contributed by atoms with van der Waals surface area (Å²) in [6.45, 7) is 9.25. The van der Waals surface area contributed by atoms with Crippen LogP contribution < -0.4 is 5.69 Å². The molecule has 0 bridgehead atoms. The Morgan fingerprint density at radius 3 is 2.73 bits per heavy atom. The SMILES string of the molecule is C/C=C(\C=N/C=C(C)C)Cn1c(=O)[nH]c2ncc(/C(=C/C(F)=C\C(C)F)CC)cc21. The zero-order valence-corrected chi connectivity index (χ0v) is 18.0. The van der Waals surface area contributed by atoms with Gasteiger partial charge >= 0.3 is 5.69 Å². The number of halogens is 2. The van der Waals surface area contributed by atoms with Crippen LogP contribution in [0, 0.1) is 0 Å². The van der Waals surface area contributed by atoms with E-state index in [1.165, 1.54) is 13.0 Å². The highest BCUT2D eigenvalue weighted by Crippen LogP contribution is 2.23. The third-order valence-corrected chi connectivity index (χ3v) is 4.37. The predicted molar refractivity (Wildman–Crippen MR) is 120 cm³/mol. The Balaban J connectivity index is 2.47. The second-order valence-electron chi connectivity index (χ2n) is 7.21. The second-order valence-corrected chi connectivity index (χ2v) is 7.21. The molecule has 1 N–H and O–H groups in total. The van der Waals surface area contributed by atoms with Crippen LogP contribution in [0.15, 0.2) is 63.5 Å². The molecule has 0 aliphatic heterocycles. The quantitative estimate of drug-likeness (QED) is 0.447. The number of nitrogens with one attached hydrogen (secondary N) is 1. The van der Waals surface area contributed by atoms with E-state index in [9.17, 15) is 13.6 Å². The molecule has 1 unspecified atom stereocenters. The van der Waals surface area contributed by atoms with Crippen LogP contribution in [0.4, 0.5) is 8.78 Å². The van der Waals surface area contributed by atoms with Gasteiger partial charge in [-0.3, -0.25) is 14.5 Å². The monoisotopic (exact) mass is 414 g/mol. The second kappa shape index (κ2) is 10.6. The van der Waals surface area contributed by atoms with Crippen molar-refractivity contribution in [2.24, 2.45) is 4.99 Å². The summed E-state index contributed by atoms with van der Waals surface area (Å²) in [5.41, 5.74) is 4.03. The molecule has 160 valence electrons. The number of rotatable bonds is 8. The fourth-order valence-electron chi connectivity index (χ4n) is 2.86. The third-order valence-electron chi connectivity index (χ3n) is 4.37. The van der Waals surface area contributed by atoms with E-state index in [0.29, 0.717) is 35.3 Å². The molecule has 0 radical (unpaired) electrons. The molecule has 2 aromatic rings. The molecule has 7 heteroatoms. The molecule has 0 spiro atoms. The normalized spacial score (nSPS) is 14.6. The van der Waals surface area contributed by atoms with Gasteiger partial charge in [0.15, 0.2) is 5.65 Å². The van der Waals surface area contributed by atoms with Crippen LogP contribution in [0.3, 0.4) is 0 Å². The third kappa shape index (κ3) is 6.20. The first-order chi connectivity index (χ1) is 14.2. The highest BCUT2D eigenvalue weighted by molar-refractivity contribution is 5.81. The number of alkyl halides is 1. The van der Waals surface area contributed by atoms with Crippen LogP contribution >= 0.6 is 0 Å². The summed E-state index contributed by atoms with van der Waals surface area (Å²) in [6.07, 6.45) is 8.30. The van der Waals surface area contributed by atoms with E-state index in [4.69, 9.17) is 0 Å². The largest absolute Gasteiger partial charge is 0.327 e. The summed E-state index contributed by atoms with van der Waals surface area (Å²) >= 11 is 0. The van der Waals surface area contributed by atoms with Crippen molar-refractivity contribution in [2.45, 2.75) is 53.8 Å². The van der Waals surface area contributed by atoms with Gasteiger partial charge in [0.05, 0.1) is 12.1 Å². The Kier molecular flexibility index (Phi) is 8.21. The molecule has 0 saturated heterocycles. The lowest BCUT2D eigenvalue weighted by Gasteiger charge is -2.07. The predicted octanol–water partition coefficient (Wildman–Crippen LogP) is 5.67. The Morgan fingerprint density at radius 1 is 1.40 bits per heavy atom. The zero-order chi connectivity index (χ0) is 22.3. The molecule has 5 nitrogen and oxygen atoms in total. The molecule has 0 amide bonds. The van der Waals surface area contributed by atoms with E-state index in [-0.39, 0.29) is 5.69 Å². The van der Waals surface area contributed by atoms with E-state index in [1.807, 2.05) is 33.8 Å². The van der Waals surface area contributed by atoms with Gasteiger partial charge in [-0.1, -0.05) is 18.6 Å². The Morgan fingerprint density at radius 2 is 2.13 bits per heavy atom. The minimum absolute atomic E-state index is 0.288. The first-order valence-corrected chi connectivity index (χ1v) is 9.87. The van der Waals surface area contributed by atoms with Gasteiger partial charge in [-0.2, -0.15) is 0 Å². The van der Waals surface area contributed by atoms with Crippen LogP contribution in [0.5, 0.6) is 0 Å². The minimum Gasteiger partial charge on any atom is -0.290 e. The van der Waals surface area contributed by atoms with E-state index < -0.39 is 12.0 Å². The van der Waals surface area contributed by atoms with Gasteiger partial charge in [0, 0.05) is 18.6 Å². The van der Waals surface area contributed by atoms with E-state index in [0.717, 1.165) is 17.2 Å². The van der Waals surface area contributed by atoms with E-state index in [2.05, 4.69) is 15.0 Å². The van der Waals surface area contributed by atoms with Gasteiger partial charge in [0.25, 0.3) is 0 Å². The number of imidazole rings is 1. The molecule has 2 rings (SSSR count). The van der Waals surface area contributed by atoms with Crippen molar-refractivity contribution in [3.05, 3.63) is 69.7 Å². The molecular weight excluding hydrogens is 386 g/mol. The van der Waals surface area contributed by atoms with Crippen LogP contribution in [0.25, 0.3) is 16.7 Å². The number of pyridine rings is 1. The van der Waals surface area contributed by atoms with E-state index in [1.54, 1.807) is 29.2 Å². The van der Waals surface area contributed by atoms with Crippen molar-refractivity contribution in [1.29, 1.82) is 0 Å². The Bertz CT molecular complexity index is 1090. The summed E-state index contributed by atoms with van der Waals surface area (Å²) in [5.74, 6) is -0.639. The topological polar surface area (TPSA) is 63.0 Å². The van der Waals surface area contributed by atoms with Gasteiger partial charge in [0.1, 0.15) is 12.0 Å². The summed E-state index contributed by atoms with van der Waals surface area (Å²) in [6, 6.07) is 1.79. The lowest BCUT2D eigenvalue weighted by molar-refractivity contribution is 0.423. The van der Waals surface area contributed by atoms with Gasteiger partial charge in [0.2, 0.25) is 0 Å². The summed E-state index contributed by atoms with van der Waals surface area (Å²) in [4.78, 5) is 23.8. The number of hydrogen-bond acceptors (Lipinski definition) is 3. The first kappa shape index (κ1) is 23.2. The number of H-pyrrole nitrogens is 1. The molecule has 0 aliphatic rings. The molecule has 0 fully saturated rings. The summed E-state index contributed by atoms with van der Waals surface area (Å²) in [7, 11) is 0. The number of fused-ring (bicyclic) bond motifs is 1. The van der Waals surface area contributed by atoms with Crippen LogP contribution in [0.2, 0.25) is 0 Å².